The highest BCUT2D eigenvalue weighted by molar-refractivity contribution is 5.76. The lowest BCUT2D eigenvalue weighted by molar-refractivity contribution is -0.635. The van der Waals surface area contributed by atoms with E-state index in [4.69, 9.17) is 0 Å². The van der Waals surface area contributed by atoms with Crippen molar-refractivity contribution in [1.82, 2.24) is 4.40 Å². The first-order valence-corrected chi connectivity index (χ1v) is 5.90. The molecule has 0 fully saturated rings. The van der Waals surface area contributed by atoms with Crippen LogP contribution in [0, 0.1) is 10.1 Å². The third-order valence-corrected chi connectivity index (χ3v) is 3.14. The standard InChI is InChI=1S/C14H12N3O2/c1-2-9-15-12-5-3-4-6-13(12)16-10-11(17(18)19)7-8-14(15)16/h2-8,10H,1,9H2/q+1. The lowest BCUT2D eigenvalue weighted by Gasteiger charge is -1.93. The van der Waals surface area contributed by atoms with Gasteiger partial charge in [0.1, 0.15) is 6.54 Å². The van der Waals surface area contributed by atoms with E-state index in [0.29, 0.717) is 6.54 Å². The van der Waals surface area contributed by atoms with Gasteiger partial charge in [0.05, 0.1) is 4.92 Å². The number of nitro groups is 1. The minimum Gasteiger partial charge on any atom is -0.258 e. The number of allylic oxidation sites excluding steroid dienone is 1. The van der Waals surface area contributed by atoms with Gasteiger partial charge in [0.25, 0.3) is 5.65 Å². The third kappa shape index (κ3) is 1.67. The Kier molecular flexibility index (Phi) is 2.52. The largest absolute Gasteiger partial charge is 0.308 e. The maximum Gasteiger partial charge on any atom is 0.308 e. The number of benzene rings is 1. The number of para-hydroxylation sites is 2. The zero-order valence-electron chi connectivity index (χ0n) is 10.2. The van der Waals surface area contributed by atoms with E-state index in [-0.39, 0.29) is 10.6 Å². The fourth-order valence-electron chi connectivity index (χ4n) is 2.34. The number of pyridine rings is 1. The molecule has 0 N–H and O–H groups in total. The first-order valence-electron chi connectivity index (χ1n) is 5.90. The predicted octanol–water partition coefficient (Wildman–Crippen LogP) is 2.47. The number of rotatable bonds is 3. The van der Waals surface area contributed by atoms with E-state index < -0.39 is 0 Å². The summed E-state index contributed by atoms with van der Waals surface area (Å²) in [5.41, 5.74) is 2.97. The van der Waals surface area contributed by atoms with E-state index in [2.05, 4.69) is 11.1 Å². The molecular formula is C14H12N3O2+. The molecular weight excluding hydrogens is 242 g/mol. The van der Waals surface area contributed by atoms with Crippen molar-refractivity contribution in [2.45, 2.75) is 6.54 Å². The highest BCUT2D eigenvalue weighted by atomic mass is 16.6. The molecule has 5 nitrogen and oxygen atoms in total. The molecule has 0 saturated heterocycles. The molecule has 0 atom stereocenters. The third-order valence-electron chi connectivity index (χ3n) is 3.14. The fraction of sp³-hybridized carbons (Fsp3) is 0.0714. The minimum atomic E-state index is -0.383. The van der Waals surface area contributed by atoms with Crippen molar-refractivity contribution in [2.24, 2.45) is 0 Å². The highest BCUT2D eigenvalue weighted by Crippen LogP contribution is 2.18. The van der Waals surface area contributed by atoms with E-state index in [0.717, 1.165) is 16.7 Å². The fourth-order valence-corrected chi connectivity index (χ4v) is 2.34. The summed E-state index contributed by atoms with van der Waals surface area (Å²) in [5.74, 6) is 0. The van der Waals surface area contributed by atoms with E-state index in [1.54, 1.807) is 12.3 Å². The molecule has 3 aromatic rings. The van der Waals surface area contributed by atoms with Crippen LogP contribution < -0.4 is 4.57 Å². The second-order valence-corrected chi connectivity index (χ2v) is 4.26. The van der Waals surface area contributed by atoms with Gasteiger partial charge in [-0.25, -0.2) is 4.57 Å². The number of hydrogen-bond donors (Lipinski definition) is 0. The minimum absolute atomic E-state index is 0.0824. The number of fused-ring (bicyclic) bond motifs is 3. The van der Waals surface area contributed by atoms with Crippen molar-refractivity contribution in [3.8, 4) is 0 Å². The summed E-state index contributed by atoms with van der Waals surface area (Å²) >= 11 is 0. The summed E-state index contributed by atoms with van der Waals surface area (Å²) in [6.07, 6.45) is 3.37. The first-order chi connectivity index (χ1) is 9.22. The summed E-state index contributed by atoms with van der Waals surface area (Å²) in [5, 5.41) is 10.9. The Morgan fingerprint density at radius 3 is 2.84 bits per heavy atom. The molecule has 5 heteroatoms. The van der Waals surface area contributed by atoms with Crippen molar-refractivity contribution < 1.29 is 9.49 Å². The van der Waals surface area contributed by atoms with Crippen LogP contribution in [-0.2, 0) is 6.54 Å². The van der Waals surface area contributed by atoms with Gasteiger partial charge in [-0.3, -0.25) is 10.1 Å². The molecule has 0 aliphatic rings. The zero-order valence-corrected chi connectivity index (χ0v) is 10.2. The van der Waals surface area contributed by atoms with Gasteiger partial charge >= 0.3 is 5.69 Å². The molecule has 0 aliphatic heterocycles. The quantitative estimate of drug-likeness (QED) is 0.312. The second kappa shape index (κ2) is 4.20. The molecule has 2 heterocycles. The van der Waals surface area contributed by atoms with Crippen LogP contribution in [0.15, 0.2) is 55.3 Å². The van der Waals surface area contributed by atoms with Crippen molar-refractivity contribution in [1.29, 1.82) is 0 Å². The molecule has 0 bridgehead atoms. The maximum atomic E-state index is 10.9. The molecule has 0 radical (unpaired) electrons. The van der Waals surface area contributed by atoms with Crippen LogP contribution in [0.5, 0.6) is 0 Å². The van der Waals surface area contributed by atoms with Gasteiger partial charge in [-0.1, -0.05) is 24.8 Å². The Labute approximate surface area is 109 Å². The van der Waals surface area contributed by atoms with Crippen molar-refractivity contribution in [3.63, 3.8) is 0 Å². The molecule has 3 rings (SSSR count). The molecule has 1 aromatic carbocycles. The Morgan fingerprint density at radius 1 is 1.32 bits per heavy atom. The van der Waals surface area contributed by atoms with E-state index in [1.807, 2.05) is 34.7 Å². The topological polar surface area (TPSA) is 51.4 Å². The summed E-state index contributed by atoms with van der Waals surface area (Å²) in [4.78, 5) is 10.5. The number of aromatic nitrogens is 2. The van der Waals surface area contributed by atoms with E-state index in [9.17, 15) is 10.1 Å². The summed E-state index contributed by atoms with van der Waals surface area (Å²) < 4.78 is 3.92. The monoisotopic (exact) mass is 254 g/mol. The molecule has 0 amide bonds. The number of imidazole rings is 1. The van der Waals surface area contributed by atoms with Crippen LogP contribution in [0.3, 0.4) is 0 Å². The van der Waals surface area contributed by atoms with Crippen LogP contribution >= 0.6 is 0 Å². The van der Waals surface area contributed by atoms with Gasteiger partial charge in [-0.05, 0) is 12.1 Å². The van der Waals surface area contributed by atoms with Crippen LogP contribution in [0.25, 0.3) is 16.7 Å². The Morgan fingerprint density at radius 2 is 2.11 bits per heavy atom. The summed E-state index contributed by atoms with van der Waals surface area (Å²) in [6, 6.07) is 11.1. The maximum absolute atomic E-state index is 10.9. The molecule has 0 aliphatic carbocycles. The molecule has 19 heavy (non-hydrogen) atoms. The van der Waals surface area contributed by atoms with E-state index >= 15 is 0 Å². The SMILES string of the molecule is C=CC[n+]1c2ccccc2n2cc([N+](=O)[O-])ccc21. The van der Waals surface area contributed by atoms with Crippen molar-refractivity contribution in [2.75, 3.05) is 0 Å². The van der Waals surface area contributed by atoms with Gasteiger partial charge in [-0.2, -0.15) is 4.40 Å². The smallest absolute Gasteiger partial charge is 0.258 e. The summed E-state index contributed by atoms with van der Waals surface area (Å²) in [7, 11) is 0. The molecule has 94 valence electrons. The normalized spacial score (nSPS) is 10.9. The Hall–Kier alpha value is -2.69. The lowest BCUT2D eigenvalue weighted by Crippen LogP contribution is -2.32. The van der Waals surface area contributed by atoms with Gasteiger partial charge in [0.2, 0.25) is 0 Å². The van der Waals surface area contributed by atoms with Crippen LogP contribution in [-0.4, -0.2) is 9.32 Å². The lowest BCUT2D eigenvalue weighted by atomic mass is 10.3. The molecule has 0 unspecified atom stereocenters. The number of nitrogens with zero attached hydrogens (tertiary/aromatic N) is 3. The highest BCUT2D eigenvalue weighted by Gasteiger charge is 2.20. The first kappa shape index (κ1) is 11.4. The van der Waals surface area contributed by atoms with E-state index in [1.165, 1.54) is 6.07 Å². The van der Waals surface area contributed by atoms with Crippen LogP contribution in [0.1, 0.15) is 0 Å². The number of hydrogen-bond acceptors (Lipinski definition) is 2. The Bertz CT molecular complexity index is 805. The summed E-state index contributed by atoms with van der Waals surface area (Å²) in [6.45, 7) is 4.42. The average Bonchev–Trinajstić information content (AvgIpc) is 2.74. The predicted molar refractivity (Wildman–Crippen MR) is 71.9 cm³/mol. The van der Waals surface area contributed by atoms with Gasteiger partial charge < -0.3 is 0 Å². The second-order valence-electron chi connectivity index (χ2n) is 4.26. The van der Waals surface area contributed by atoms with Crippen LogP contribution in [0.4, 0.5) is 5.69 Å². The average molecular weight is 254 g/mol. The Balaban J connectivity index is 2.45. The molecule has 2 aromatic heterocycles. The van der Waals surface area contributed by atoms with Crippen LogP contribution in [0.2, 0.25) is 0 Å². The van der Waals surface area contributed by atoms with Gasteiger partial charge in [0.15, 0.2) is 17.2 Å². The van der Waals surface area contributed by atoms with Crippen molar-refractivity contribution in [3.05, 3.63) is 65.4 Å². The van der Waals surface area contributed by atoms with Crippen molar-refractivity contribution >= 4 is 22.4 Å². The zero-order chi connectivity index (χ0) is 13.4. The molecule has 0 saturated carbocycles. The molecule has 0 spiro atoms. The van der Waals surface area contributed by atoms with Gasteiger partial charge in [0, 0.05) is 12.1 Å². The van der Waals surface area contributed by atoms with Gasteiger partial charge in [-0.15, -0.1) is 0 Å².